The van der Waals surface area contributed by atoms with Crippen LogP contribution in [0.2, 0.25) is 0 Å². The zero-order valence-corrected chi connectivity index (χ0v) is 11.7. The van der Waals surface area contributed by atoms with Crippen LogP contribution in [0.5, 0.6) is 0 Å². The van der Waals surface area contributed by atoms with E-state index in [1.165, 1.54) is 29.4 Å². The minimum atomic E-state index is -0.186. The van der Waals surface area contributed by atoms with Crippen molar-refractivity contribution in [3.8, 4) is 0 Å². The summed E-state index contributed by atoms with van der Waals surface area (Å²) < 4.78 is 4.77. The van der Waals surface area contributed by atoms with Crippen LogP contribution in [0.1, 0.15) is 42.5 Å². The fraction of sp³-hybridized carbons (Fsp3) is 0.533. The fourth-order valence-electron chi connectivity index (χ4n) is 2.77. The quantitative estimate of drug-likeness (QED) is 0.749. The van der Waals surface area contributed by atoms with Crippen molar-refractivity contribution in [2.24, 2.45) is 0 Å². The van der Waals surface area contributed by atoms with Crippen LogP contribution in [0.15, 0.2) is 12.1 Å². The Kier molecular flexibility index (Phi) is 3.97. The summed E-state index contributed by atoms with van der Waals surface area (Å²) >= 11 is 0. The summed E-state index contributed by atoms with van der Waals surface area (Å²) in [5.74, 6) is -0.158. The van der Waals surface area contributed by atoms with Gasteiger partial charge in [0.25, 0.3) is 0 Å². The smallest absolute Gasteiger partial charge is 0.306 e. The van der Waals surface area contributed by atoms with Crippen molar-refractivity contribution in [2.45, 2.75) is 46.5 Å². The van der Waals surface area contributed by atoms with Crippen molar-refractivity contribution in [3.05, 3.63) is 34.4 Å². The third kappa shape index (κ3) is 3.09. The number of hydrogen-bond acceptors (Lipinski definition) is 2. The van der Waals surface area contributed by atoms with Crippen LogP contribution < -0.4 is 0 Å². The monoisotopic (exact) mass is 234 g/mol. The minimum Gasteiger partial charge on any atom is -0.469 e. The van der Waals surface area contributed by atoms with E-state index in [0.29, 0.717) is 6.42 Å². The lowest BCUT2D eigenvalue weighted by Crippen LogP contribution is -2.25. The molecule has 1 rings (SSSR count). The van der Waals surface area contributed by atoms with Crippen molar-refractivity contribution < 1.29 is 9.53 Å². The highest BCUT2D eigenvalue weighted by Crippen LogP contribution is 2.33. The second-order valence-electron chi connectivity index (χ2n) is 5.41. The molecule has 1 aromatic carbocycles. The molecule has 0 amide bonds. The van der Waals surface area contributed by atoms with E-state index < -0.39 is 0 Å². The lowest BCUT2D eigenvalue weighted by Gasteiger charge is -2.28. The largest absolute Gasteiger partial charge is 0.469 e. The van der Waals surface area contributed by atoms with Crippen molar-refractivity contribution in [2.75, 3.05) is 7.11 Å². The maximum absolute atomic E-state index is 11.5. The van der Waals surface area contributed by atoms with E-state index in [1.807, 2.05) is 0 Å². The molecule has 0 saturated carbocycles. The Morgan fingerprint density at radius 2 is 1.65 bits per heavy atom. The van der Waals surface area contributed by atoms with Gasteiger partial charge in [0.05, 0.1) is 13.5 Å². The van der Waals surface area contributed by atoms with Crippen LogP contribution in [0.4, 0.5) is 0 Å². The van der Waals surface area contributed by atoms with E-state index in [1.54, 1.807) is 0 Å². The van der Waals surface area contributed by atoms with E-state index >= 15 is 0 Å². The SMILES string of the molecule is COC(=O)CC(C)(C)c1c(C)cc(C)cc1C. The Morgan fingerprint density at radius 1 is 1.18 bits per heavy atom. The molecule has 0 N–H and O–H groups in total. The van der Waals surface area contributed by atoms with Crippen LogP contribution >= 0.6 is 0 Å². The molecule has 0 unspecified atom stereocenters. The second-order valence-corrected chi connectivity index (χ2v) is 5.41. The van der Waals surface area contributed by atoms with Gasteiger partial charge in [-0.05, 0) is 37.5 Å². The maximum atomic E-state index is 11.5. The zero-order valence-electron chi connectivity index (χ0n) is 11.7. The first-order chi connectivity index (χ1) is 7.77. The summed E-state index contributed by atoms with van der Waals surface area (Å²) in [6, 6.07) is 4.34. The van der Waals surface area contributed by atoms with Gasteiger partial charge in [-0.15, -0.1) is 0 Å². The number of benzene rings is 1. The number of ether oxygens (including phenoxy) is 1. The average Bonchev–Trinajstić information content (AvgIpc) is 2.14. The second kappa shape index (κ2) is 4.91. The highest BCUT2D eigenvalue weighted by Gasteiger charge is 2.27. The molecule has 94 valence electrons. The predicted octanol–water partition coefficient (Wildman–Crippen LogP) is 3.45. The summed E-state index contributed by atoms with van der Waals surface area (Å²) in [6.45, 7) is 10.5. The Balaban J connectivity index is 3.18. The van der Waals surface area contributed by atoms with Gasteiger partial charge in [0.2, 0.25) is 0 Å². The fourth-order valence-corrected chi connectivity index (χ4v) is 2.77. The molecule has 0 bridgehead atoms. The Hall–Kier alpha value is -1.31. The molecule has 1 aromatic rings. The van der Waals surface area contributed by atoms with Crippen molar-refractivity contribution >= 4 is 5.97 Å². The van der Waals surface area contributed by atoms with Gasteiger partial charge in [-0.25, -0.2) is 0 Å². The van der Waals surface area contributed by atoms with Crippen LogP contribution in [0.3, 0.4) is 0 Å². The van der Waals surface area contributed by atoms with Crippen molar-refractivity contribution in [3.63, 3.8) is 0 Å². The maximum Gasteiger partial charge on any atom is 0.306 e. The first-order valence-corrected chi connectivity index (χ1v) is 5.93. The van der Waals surface area contributed by atoms with Gasteiger partial charge < -0.3 is 4.74 Å². The summed E-state index contributed by atoms with van der Waals surface area (Å²) in [6.07, 6.45) is 0.411. The topological polar surface area (TPSA) is 26.3 Å². The molecule has 0 aliphatic heterocycles. The Morgan fingerprint density at radius 3 is 2.06 bits per heavy atom. The number of esters is 1. The normalized spacial score (nSPS) is 11.4. The summed E-state index contributed by atoms with van der Waals surface area (Å²) in [5, 5.41) is 0. The van der Waals surface area contributed by atoms with Gasteiger partial charge in [-0.2, -0.15) is 0 Å². The molecule has 0 spiro atoms. The van der Waals surface area contributed by atoms with E-state index in [2.05, 4.69) is 46.8 Å². The van der Waals surface area contributed by atoms with Crippen LogP contribution in [-0.2, 0) is 14.9 Å². The molecule has 0 aliphatic carbocycles. The molecule has 0 saturated heterocycles. The molecule has 0 atom stereocenters. The molecular formula is C15H22O2. The number of hydrogen-bond donors (Lipinski definition) is 0. The number of aryl methyl sites for hydroxylation is 3. The van der Waals surface area contributed by atoms with E-state index in [4.69, 9.17) is 4.74 Å². The van der Waals surface area contributed by atoms with Gasteiger partial charge in [0, 0.05) is 5.41 Å². The van der Waals surface area contributed by atoms with Gasteiger partial charge >= 0.3 is 5.97 Å². The molecule has 2 nitrogen and oxygen atoms in total. The van der Waals surface area contributed by atoms with Crippen LogP contribution in [-0.4, -0.2) is 13.1 Å². The number of rotatable bonds is 3. The number of carbonyl (C=O) groups is 1. The molecule has 0 aliphatic rings. The standard InChI is InChI=1S/C15H22O2/c1-10-7-11(2)14(12(3)8-10)15(4,5)9-13(16)17-6/h7-8H,9H2,1-6H3. The van der Waals surface area contributed by atoms with Crippen LogP contribution in [0.25, 0.3) is 0 Å². The van der Waals surface area contributed by atoms with Crippen molar-refractivity contribution in [1.29, 1.82) is 0 Å². The summed E-state index contributed by atoms with van der Waals surface area (Å²) in [4.78, 5) is 11.5. The first-order valence-electron chi connectivity index (χ1n) is 5.93. The molecular weight excluding hydrogens is 212 g/mol. The van der Waals surface area contributed by atoms with Gasteiger partial charge in [-0.1, -0.05) is 31.5 Å². The highest BCUT2D eigenvalue weighted by molar-refractivity contribution is 5.71. The highest BCUT2D eigenvalue weighted by atomic mass is 16.5. The number of carbonyl (C=O) groups excluding carboxylic acids is 1. The third-order valence-corrected chi connectivity index (χ3v) is 3.17. The zero-order chi connectivity index (χ0) is 13.2. The molecule has 0 aromatic heterocycles. The van der Waals surface area contributed by atoms with Gasteiger partial charge in [0.15, 0.2) is 0 Å². The predicted molar refractivity (Wildman–Crippen MR) is 70.3 cm³/mol. The lowest BCUT2D eigenvalue weighted by molar-refractivity contribution is -0.141. The first kappa shape index (κ1) is 13.8. The summed E-state index contributed by atoms with van der Waals surface area (Å²) in [7, 11) is 1.44. The van der Waals surface area contributed by atoms with Gasteiger partial charge in [-0.3, -0.25) is 4.79 Å². The molecule has 17 heavy (non-hydrogen) atoms. The van der Waals surface area contributed by atoms with Crippen molar-refractivity contribution in [1.82, 2.24) is 0 Å². The summed E-state index contributed by atoms with van der Waals surface area (Å²) in [5.41, 5.74) is 4.83. The minimum absolute atomic E-state index is 0.158. The Bertz CT molecular complexity index is 408. The molecule has 0 radical (unpaired) electrons. The van der Waals surface area contributed by atoms with E-state index in [-0.39, 0.29) is 11.4 Å². The van der Waals surface area contributed by atoms with Crippen LogP contribution in [0, 0.1) is 20.8 Å². The van der Waals surface area contributed by atoms with Gasteiger partial charge in [0.1, 0.15) is 0 Å². The van der Waals surface area contributed by atoms with E-state index in [0.717, 1.165) is 0 Å². The molecule has 0 heterocycles. The third-order valence-electron chi connectivity index (χ3n) is 3.17. The number of methoxy groups -OCH3 is 1. The average molecular weight is 234 g/mol. The van der Waals surface area contributed by atoms with E-state index in [9.17, 15) is 4.79 Å². The lowest BCUT2D eigenvalue weighted by atomic mass is 9.76. The molecule has 0 fully saturated rings. The molecule has 2 heteroatoms. The Labute approximate surface area is 104 Å².